The smallest absolute Gasteiger partial charge is 0.302 e. The van der Waals surface area contributed by atoms with Gasteiger partial charge in [-0.1, -0.05) is 106 Å². The first-order valence-electron chi connectivity index (χ1n) is 14.5. The molecule has 0 heterocycles. The molecule has 4 rings (SSSR count). The van der Waals surface area contributed by atoms with E-state index in [2.05, 4.69) is 80.4 Å². The molecule has 0 amide bonds. The summed E-state index contributed by atoms with van der Waals surface area (Å²) in [5, 5.41) is 0. The molecular formula is C33H40Br2O5. The third-order valence-corrected chi connectivity index (χ3v) is 11.2. The van der Waals surface area contributed by atoms with Crippen molar-refractivity contribution in [2.75, 3.05) is 13.2 Å². The third kappa shape index (κ3) is 7.25. The van der Waals surface area contributed by atoms with E-state index in [0.717, 1.165) is 62.5 Å². The standard InChI is InChI=1S/C33H40Br2O5/c1-23(36)39-21-17-25-9-13-27(14-10-25)29-7-3-5-19-32(29,34)31(38)33(35)20-6-4-8-30(33)28-15-11-26(12-16-28)18-22-40-24(2)37/h9-16,29-30H,3-8,17-22H2,1-2H3. The monoisotopic (exact) mass is 674 g/mol. The van der Waals surface area contributed by atoms with Gasteiger partial charge in [0.1, 0.15) is 0 Å². The molecule has 0 aliphatic heterocycles. The topological polar surface area (TPSA) is 69.7 Å². The number of hydrogen-bond donors (Lipinski definition) is 0. The minimum Gasteiger partial charge on any atom is -0.466 e. The number of alkyl halides is 2. The van der Waals surface area contributed by atoms with Crippen LogP contribution in [0.25, 0.3) is 0 Å². The molecule has 0 N–H and O–H groups in total. The first kappa shape index (κ1) is 31.0. The van der Waals surface area contributed by atoms with E-state index >= 15 is 0 Å². The molecule has 5 nitrogen and oxygen atoms in total. The van der Waals surface area contributed by atoms with Gasteiger partial charge in [0.15, 0.2) is 5.78 Å². The van der Waals surface area contributed by atoms with Crippen LogP contribution in [0.2, 0.25) is 0 Å². The quantitative estimate of drug-likeness (QED) is 0.190. The Labute approximate surface area is 255 Å². The van der Waals surface area contributed by atoms with Crippen molar-refractivity contribution in [2.45, 2.75) is 98.5 Å². The molecule has 4 atom stereocenters. The summed E-state index contributed by atoms with van der Waals surface area (Å²) in [6.07, 6.45) is 9.19. The van der Waals surface area contributed by atoms with Crippen LogP contribution in [0.15, 0.2) is 48.5 Å². The van der Waals surface area contributed by atoms with Gasteiger partial charge in [0.2, 0.25) is 0 Å². The van der Waals surface area contributed by atoms with Gasteiger partial charge in [-0.05, 0) is 47.9 Å². The number of rotatable bonds is 10. The summed E-state index contributed by atoms with van der Waals surface area (Å²) in [4.78, 5) is 36.9. The van der Waals surface area contributed by atoms with Gasteiger partial charge < -0.3 is 9.47 Å². The average molecular weight is 676 g/mol. The SMILES string of the molecule is CC(=O)OCCc1ccc(C2CCCCC2(Br)C(=O)C2(Br)CCCCC2c2ccc(CCOC(C)=O)cc2)cc1. The van der Waals surface area contributed by atoms with Crippen LogP contribution in [-0.2, 0) is 36.7 Å². The Morgan fingerprint density at radius 1 is 0.675 bits per heavy atom. The van der Waals surface area contributed by atoms with Crippen molar-refractivity contribution < 1.29 is 23.9 Å². The first-order valence-corrected chi connectivity index (χ1v) is 16.1. The normalized spacial score (nSPS) is 26.6. The highest BCUT2D eigenvalue weighted by atomic mass is 79.9. The molecule has 0 bridgehead atoms. The largest absolute Gasteiger partial charge is 0.466 e. The fraction of sp³-hybridized carbons (Fsp3) is 0.545. The number of ketones is 1. The Kier molecular flexibility index (Phi) is 10.7. The molecule has 4 unspecified atom stereocenters. The molecule has 0 aromatic heterocycles. The lowest BCUT2D eigenvalue weighted by atomic mass is 9.65. The second-order valence-corrected chi connectivity index (χ2v) is 14.1. The van der Waals surface area contributed by atoms with E-state index in [9.17, 15) is 14.4 Å². The van der Waals surface area contributed by atoms with Gasteiger partial charge in [-0.25, -0.2) is 0 Å². The second kappa shape index (κ2) is 13.8. The van der Waals surface area contributed by atoms with Crippen molar-refractivity contribution in [3.05, 3.63) is 70.8 Å². The van der Waals surface area contributed by atoms with Gasteiger partial charge in [-0.2, -0.15) is 0 Å². The predicted octanol–water partition coefficient (Wildman–Crippen LogP) is 7.75. The van der Waals surface area contributed by atoms with Crippen molar-refractivity contribution in [1.29, 1.82) is 0 Å². The van der Waals surface area contributed by atoms with E-state index in [0.29, 0.717) is 26.1 Å². The average Bonchev–Trinajstić information content (AvgIpc) is 2.94. The Morgan fingerprint density at radius 2 is 1.05 bits per heavy atom. The molecule has 40 heavy (non-hydrogen) atoms. The van der Waals surface area contributed by atoms with Crippen LogP contribution in [0, 0.1) is 0 Å². The summed E-state index contributed by atoms with van der Waals surface area (Å²) >= 11 is 8.17. The molecule has 2 aromatic carbocycles. The highest BCUT2D eigenvalue weighted by Gasteiger charge is 2.56. The number of hydrogen-bond acceptors (Lipinski definition) is 5. The molecule has 0 spiro atoms. The van der Waals surface area contributed by atoms with Crippen molar-refractivity contribution in [1.82, 2.24) is 0 Å². The van der Waals surface area contributed by atoms with E-state index in [1.54, 1.807) is 0 Å². The zero-order chi connectivity index (χ0) is 28.8. The van der Waals surface area contributed by atoms with Crippen LogP contribution in [-0.4, -0.2) is 39.6 Å². The van der Waals surface area contributed by atoms with Gasteiger partial charge in [-0.3, -0.25) is 14.4 Å². The highest BCUT2D eigenvalue weighted by Crippen LogP contribution is 2.56. The molecule has 2 aliphatic rings. The van der Waals surface area contributed by atoms with Crippen molar-refractivity contribution in [3.63, 3.8) is 0 Å². The lowest BCUT2D eigenvalue weighted by molar-refractivity contribution is -0.141. The van der Waals surface area contributed by atoms with Crippen molar-refractivity contribution >= 4 is 49.6 Å². The first-order chi connectivity index (χ1) is 19.1. The Bertz CT molecular complexity index is 1090. The summed E-state index contributed by atoms with van der Waals surface area (Å²) in [6.45, 7) is 3.60. The number of Topliss-reactive ketones (excluding diaryl/α,β-unsaturated/α-hetero) is 1. The number of benzene rings is 2. The number of esters is 2. The van der Waals surface area contributed by atoms with Crippen molar-refractivity contribution in [3.8, 4) is 0 Å². The number of carbonyl (C=O) groups excluding carboxylic acids is 3. The molecule has 2 saturated carbocycles. The maximum atomic E-state index is 14.7. The predicted molar refractivity (Wildman–Crippen MR) is 164 cm³/mol. The zero-order valence-corrected chi connectivity index (χ0v) is 26.7. The van der Waals surface area contributed by atoms with Gasteiger partial charge in [0.25, 0.3) is 0 Å². The molecule has 0 saturated heterocycles. The van der Waals surface area contributed by atoms with E-state index in [1.807, 2.05) is 0 Å². The van der Waals surface area contributed by atoms with Gasteiger partial charge in [-0.15, -0.1) is 0 Å². The second-order valence-electron chi connectivity index (χ2n) is 11.3. The third-order valence-electron chi connectivity index (χ3n) is 8.58. The maximum Gasteiger partial charge on any atom is 0.302 e. The molecular weight excluding hydrogens is 636 g/mol. The van der Waals surface area contributed by atoms with Gasteiger partial charge in [0.05, 0.1) is 21.9 Å². The minimum atomic E-state index is -0.631. The lowest BCUT2D eigenvalue weighted by Gasteiger charge is -2.47. The van der Waals surface area contributed by atoms with Gasteiger partial charge in [0, 0.05) is 38.5 Å². The fourth-order valence-electron chi connectivity index (χ4n) is 6.48. The number of ether oxygens (including phenoxy) is 2. The number of halogens is 2. The zero-order valence-electron chi connectivity index (χ0n) is 23.6. The summed E-state index contributed by atoms with van der Waals surface area (Å²) < 4.78 is 8.94. The van der Waals surface area contributed by atoms with Crippen LogP contribution in [0.4, 0.5) is 0 Å². The summed E-state index contributed by atoms with van der Waals surface area (Å²) in [6, 6.07) is 17.0. The molecule has 2 fully saturated rings. The minimum absolute atomic E-state index is 0.0944. The molecule has 2 aromatic rings. The van der Waals surface area contributed by atoms with E-state index in [-0.39, 0.29) is 29.6 Å². The molecule has 2 aliphatic carbocycles. The van der Waals surface area contributed by atoms with E-state index in [1.165, 1.54) is 25.0 Å². The fourth-order valence-corrected chi connectivity index (χ4v) is 9.00. The maximum absolute atomic E-state index is 14.7. The van der Waals surface area contributed by atoms with E-state index < -0.39 is 8.65 Å². The van der Waals surface area contributed by atoms with Crippen LogP contribution in [0.1, 0.15) is 99.3 Å². The van der Waals surface area contributed by atoms with Crippen LogP contribution >= 0.6 is 31.9 Å². The Morgan fingerprint density at radius 3 is 1.40 bits per heavy atom. The summed E-state index contributed by atoms with van der Waals surface area (Å²) in [7, 11) is 0. The molecule has 7 heteroatoms. The highest BCUT2D eigenvalue weighted by molar-refractivity contribution is 9.11. The van der Waals surface area contributed by atoms with Crippen LogP contribution < -0.4 is 0 Å². The lowest BCUT2D eigenvalue weighted by Crippen LogP contribution is -2.54. The number of carbonyl (C=O) groups is 3. The summed E-state index contributed by atoms with van der Waals surface area (Å²) in [5.74, 6) is -0.0659. The molecule has 216 valence electrons. The van der Waals surface area contributed by atoms with Crippen LogP contribution in [0.3, 0.4) is 0 Å². The van der Waals surface area contributed by atoms with Crippen molar-refractivity contribution in [2.24, 2.45) is 0 Å². The Hall–Kier alpha value is -1.99. The summed E-state index contributed by atoms with van der Waals surface area (Å²) in [5.41, 5.74) is 4.60. The van der Waals surface area contributed by atoms with Crippen LogP contribution in [0.5, 0.6) is 0 Å². The van der Waals surface area contributed by atoms with E-state index in [4.69, 9.17) is 9.47 Å². The van der Waals surface area contributed by atoms with Gasteiger partial charge >= 0.3 is 11.9 Å². The Balaban J connectivity index is 1.54. The molecule has 0 radical (unpaired) electrons.